The maximum atomic E-state index is 11.1. The summed E-state index contributed by atoms with van der Waals surface area (Å²) in [4.78, 5) is 22.0. The van der Waals surface area contributed by atoms with E-state index >= 15 is 0 Å². The highest BCUT2D eigenvalue weighted by Crippen LogP contribution is 2.33. The van der Waals surface area contributed by atoms with Crippen LogP contribution in [0.4, 0.5) is 0 Å². The number of rotatable bonds is 4. The fraction of sp³-hybridized carbons (Fsp3) is 0.231. The van der Waals surface area contributed by atoms with Crippen LogP contribution in [-0.2, 0) is 9.59 Å². The number of carbonyl (C=O) groups is 2. The van der Waals surface area contributed by atoms with Crippen LogP contribution in [0.5, 0.6) is 11.5 Å². The maximum absolute atomic E-state index is 11.1. The summed E-state index contributed by atoms with van der Waals surface area (Å²) < 4.78 is 10.4. The van der Waals surface area contributed by atoms with Gasteiger partial charge in [-0.25, -0.2) is 4.79 Å². The van der Waals surface area contributed by atoms with Crippen molar-refractivity contribution in [2.45, 2.75) is 6.92 Å². The summed E-state index contributed by atoms with van der Waals surface area (Å²) in [5.41, 5.74) is 0.866. The summed E-state index contributed by atoms with van der Waals surface area (Å²) in [6.07, 6.45) is 1.53. The van der Waals surface area contributed by atoms with Gasteiger partial charge in [0.15, 0.2) is 16.6 Å². The molecule has 5 nitrogen and oxygen atoms in total. The van der Waals surface area contributed by atoms with Crippen LogP contribution in [0.25, 0.3) is 6.08 Å². The smallest absolute Gasteiger partial charge is 0.332 e. The molecule has 2 rings (SSSR count). The lowest BCUT2D eigenvalue weighted by molar-refractivity contribution is -0.132. The van der Waals surface area contributed by atoms with E-state index in [4.69, 9.17) is 14.6 Å². The highest BCUT2D eigenvalue weighted by molar-refractivity contribution is 8.13. The Hall–Kier alpha value is -1.95. The number of thioether (sulfide) groups is 1. The molecule has 0 spiro atoms. The summed E-state index contributed by atoms with van der Waals surface area (Å²) in [7, 11) is 0. The molecule has 1 aromatic carbocycles. The molecule has 1 aromatic rings. The normalized spacial score (nSPS) is 13.4. The van der Waals surface area contributed by atoms with Gasteiger partial charge in [0.2, 0.25) is 6.79 Å². The largest absolute Gasteiger partial charge is 0.478 e. The van der Waals surface area contributed by atoms with Crippen LogP contribution in [0.3, 0.4) is 0 Å². The van der Waals surface area contributed by atoms with Crippen molar-refractivity contribution in [1.82, 2.24) is 0 Å². The van der Waals surface area contributed by atoms with Gasteiger partial charge >= 0.3 is 5.97 Å². The number of aliphatic carboxylic acids is 1. The minimum absolute atomic E-state index is 0.113. The van der Waals surface area contributed by atoms with E-state index in [2.05, 4.69) is 0 Å². The van der Waals surface area contributed by atoms with Crippen molar-refractivity contribution in [3.05, 3.63) is 29.3 Å². The fourth-order valence-electron chi connectivity index (χ4n) is 1.55. The van der Waals surface area contributed by atoms with Gasteiger partial charge in [0.1, 0.15) is 0 Å². The second-order valence-corrected chi connectivity index (χ2v) is 5.02. The Balaban J connectivity index is 2.20. The second kappa shape index (κ2) is 5.79. The molecule has 0 atom stereocenters. The van der Waals surface area contributed by atoms with Gasteiger partial charge in [0, 0.05) is 18.2 Å². The van der Waals surface area contributed by atoms with Crippen molar-refractivity contribution < 1.29 is 24.2 Å². The molecule has 100 valence electrons. The molecule has 1 N–H and O–H groups in total. The Kier molecular flexibility index (Phi) is 4.11. The van der Waals surface area contributed by atoms with E-state index in [9.17, 15) is 9.59 Å². The van der Waals surface area contributed by atoms with Gasteiger partial charge in [-0.1, -0.05) is 17.8 Å². The van der Waals surface area contributed by atoms with E-state index in [1.165, 1.54) is 13.0 Å². The number of carboxylic acid groups (broad SMARTS) is 1. The first-order valence-corrected chi connectivity index (χ1v) is 6.51. The summed E-state index contributed by atoms with van der Waals surface area (Å²) in [5, 5.41) is 8.98. The van der Waals surface area contributed by atoms with Crippen molar-refractivity contribution in [2.75, 3.05) is 12.5 Å². The van der Waals surface area contributed by atoms with E-state index in [-0.39, 0.29) is 23.2 Å². The fourth-order valence-corrected chi connectivity index (χ4v) is 2.11. The van der Waals surface area contributed by atoms with Gasteiger partial charge in [-0.3, -0.25) is 4.79 Å². The summed E-state index contributed by atoms with van der Waals surface area (Å²) in [6.45, 7) is 1.58. The maximum Gasteiger partial charge on any atom is 0.332 e. The van der Waals surface area contributed by atoms with Crippen LogP contribution in [-0.4, -0.2) is 28.7 Å². The van der Waals surface area contributed by atoms with Gasteiger partial charge in [0.05, 0.1) is 0 Å². The molecule has 0 saturated heterocycles. The quantitative estimate of drug-likeness (QED) is 0.852. The van der Waals surface area contributed by atoms with Gasteiger partial charge in [-0.15, -0.1) is 0 Å². The molecule has 0 bridgehead atoms. The SMILES string of the molecule is CC(=O)SC/C(=C/c1ccc2c(c1)OCO2)C(=O)O. The number of fused-ring (bicyclic) bond motifs is 1. The number of benzene rings is 1. The van der Waals surface area contributed by atoms with Crippen molar-refractivity contribution in [3.63, 3.8) is 0 Å². The van der Waals surface area contributed by atoms with Crippen LogP contribution in [0.2, 0.25) is 0 Å². The summed E-state index contributed by atoms with van der Waals surface area (Å²) in [6, 6.07) is 5.18. The second-order valence-electron chi connectivity index (χ2n) is 3.87. The molecule has 0 radical (unpaired) electrons. The highest BCUT2D eigenvalue weighted by Gasteiger charge is 2.14. The van der Waals surface area contributed by atoms with Crippen molar-refractivity contribution >= 4 is 28.9 Å². The third kappa shape index (κ3) is 3.51. The molecule has 0 amide bonds. The van der Waals surface area contributed by atoms with Crippen LogP contribution < -0.4 is 9.47 Å². The first kappa shape index (κ1) is 13.5. The molecule has 0 aromatic heterocycles. The lowest BCUT2D eigenvalue weighted by Gasteiger charge is -2.02. The Bertz CT molecular complexity index is 550. The zero-order chi connectivity index (χ0) is 13.8. The van der Waals surface area contributed by atoms with E-state index in [1.54, 1.807) is 18.2 Å². The van der Waals surface area contributed by atoms with Gasteiger partial charge in [-0.05, 0) is 23.8 Å². The third-order valence-corrected chi connectivity index (χ3v) is 3.31. The van der Waals surface area contributed by atoms with Crippen LogP contribution in [0, 0.1) is 0 Å². The number of hydrogen-bond donors (Lipinski definition) is 1. The van der Waals surface area contributed by atoms with Crippen molar-refractivity contribution in [2.24, 2.45) is 0 Å². The molecule has 1 aliphatic rings. The molecule has 19 heavy (non-hydrogen) atoms. The molecular formula is C13H12O5S. The molecule has 0 unspecified atom stereocenters. The number of hydrogen-bond acceptors (Lipinski definition) is 5. The Morgan fingerprint density at radius 1 is 1.37 bits per heavy atom. The summed E-state index contributed by atoms with van der Waals surface area (Å²) in [5.74, 6) is 0.343. The van der Waals surface area contributed by atoms with E-state index in [0.717, 1.165) is 11.8 Å². The molecule has 6 heteroatoms. The molecule has 1 heterocycles. The molecule has 1 aliphatic heterocycles. The Morgan fingerprint density at radius 3 is 2.79 bits per heavy atom. The predicted molar refractivity (Wildman–Crippen MR) is 71.3 cm³/mol. The standard InChI is InChI=1S/C13H12O5S/c1-8(14)19-6-10(13(15)16)4-9-2-3-11-12(5-9)18-7-17-11/h2-5H,6-7H2,1H3,(H,15,16)/b10-4-. The molecular weight excluding hydrogens is 268 g/mol. The topological polar surface area (TPSA) is 72.8 Å². The Labute approximate surface area is 114 Å². The van der Waals surface area contributed by atoms with Gasteiger partial charge in [-0.2, -0.15) is 0 Å². The average Bonchev–Trinajstić information content (AvgIpc) is 2.81. The lowest BCUT2D eigenvalue weighted by Crippen LogP contribution is -2.04. The zero-order valence-corrected chi connectivity index (χ0v) is 11.0. The van der Waals surface area contributed by atoms with E-state index in [0.29, 0.717) is 17.1 Å². The molecule has 0 fully saturated rings. The first-order valence-electron chi connectivity index (χ1n) is 5.53. The average molecular weight is 280 g/mol. The molecule has 0 saturated carbocycles. The van der Waals surface area contributed by atoms with Crippen LogP contribution in [0.1, 0.15) is 12.5 Å². The van der Waals surface area contributed by atoms with Crippen molar-refractivity contribution in [1.29, 1.82) is 0 Å². The monoisotopic (exact) mass is 280 g/mol. The number of ether oxygens (including phenoxy) is 2. The predicted octanol–water partition coefficient (Wildman–Crippen LogP) is 2.16. The first-order chi connectivity index (χ1) is 9.06. The summed E-state index contributed by atoms with van der Waals surface area (Å²) >= 11 is 0.968. The zero-order valence-electron chi connectivity index (χ0n) is 10.2. The Morgan fingerprint density at radius 2 is 2.11 bits per heavy atom. The minimum atomic E-state index is -1.04. The van der Waals surface area contributed by atoms with Gasteiger partial charge in [0.25, 0.3) is 0 Å². The van der Waals surface area contributed by atoms with Crippen LogP contribution in [0.15, 0.2) is 23.8 Å². The molecule has 0 aliphatic carbocycles. The van der Waals surface area contributed by atoms with E-state index in [1.807, 2.05) is 0 Å². The lowest BCUT2D eigenvalue weighted by atomic mass is 10.1. The number of carboxylic acids is 1. The minimum Gasteiger partial charge on any atom is -0.478 e. The van der Waals surface area contributed by atoms with Crippen molar-refractivity contribution in [3.8, 4) is 11.5 Å². The van der Waals surface area contributed by atoms with Gasteiger partial charge < -0.3 is 14.6 Å². The third-order valence-electron chi connectivity index (χ3n) is 2.44. The van der Waals surface area contributed by atoms with Crippen LogP contribution >= 0.6 is 11.8 Å². The highest BCUT2D eigenvalue weighted by atomic mass is 32.2. The number of carbonyl (C=O) groups excluding carboxylic acids is 1. The van der Waals surface area contributed by atoms with E-state index < -0.39 is 5.97 Å².